The number of piperidine rings is 1. The normalized spacial score (nSPS) is 36.1. The smallest absolute Gasteiger partial charge is 0.318 e. The summed E-state index contributed by atoms with van der Waals surface area (Å²) >= 11 is 1.33. The van der Waals surface area contributed by atoms with Gasteiger partial charge in [-0.15, -0.1) is 0 Å². The van der Waals surface area contributed by atoms with Crippen molar-refractivity contribution < 1.29 is 14.0 Å². The number of hydrogen-bond acceptors (Lipinski definition) is 5. The van der Waals surface area contributed by atoms with Crippen LogP contribution in [0.4, 0.5) is 0 Å². The molecule has 1 saturated carbocycles. The van der Waals surface area contributed by atoms with Crippen LogP contribution in [0, 0.1) is 23.7 Å². The molecule has 3 N–H and O–H groups in total. The topological polar surface area (TPSA) is 75.8 Å². The van der Waals surface area contributed by atoms with Gasteiger partial charge in [-0.25, -0.2) is 0 Å². The second-order valence-electron chi connectivity index (χ2n) is 8.51. The molecule has 0 aromatic carbocycles. The highest BCUT2D eigenvalue weighted by atomic mass is 32.2. The van der Waals surface area contributed by atoms with Crippen LogP contribution in [0.2, 0.25) is 0 Å². The molecule has 0 aromatic rings. The lowest BCUT2D eigenvalue weighted by Gasteiger charge is -2.41. The van der Waals surface area contributed by atoms with Crippen molar-refractivity contribution >= 4 is 25.4 Å². The Labute approximate surface area is 168 Å². The van der Waals surface area contributed by atoms with Crippen LogP contribution >= 0.6 is 12.0 Å². The summed E-state index contributed by atoms with van der Waals surface area (Å²) in [6.07, 6.45) is 10.3. The second kappa shape index (κ2) is 10.3. The van der Waals surface area contributed by atoms with E-state index in [1.165, 1.54) is 37.7 Å². The predicted octanol–water partition coefficient (Wildman–Crippen LogP) is 2.56. The predicted molar refractivity (Wildman–Crippen MR) is 111 cm³/mol. The minimum absolute atomic E-state index is 0.0581. The minimum atomic E-state index is -0.137. The van der Waals surface area contributed by atoms with Gasteiger partial charge in [-0.2, -0.15) is 0 Å². The van der Waals surface area contributed by atoms with E-state index < -0.39 is 0 Å². The Bertz CT molecular complexity index is 513. The van der Waals surface area contributed by atoms with Gasteiger partial charge < -0.3 is 19.8 Å². The van der Waals surface area contributed by atoms with Crippen molar-refractivity contribution in [2.45, 2.75) is 63.2 Å². The van der Waals surface area contributed by atoms with Crippen molar-refractivity contribution in [3.63, 3.8) is 0 Å². The number of likely N-dealkylation sites (tertiary alicyclic amines) is 1. The fourth-order valence-electron chi connectivity index (χ4n) is 5.04. The van der Waals surface area contributed by atoms with Gasteiger partial charge in [0.15, 0.2) is 0 Å². The van der Waals surface area contributed by atoms with Gasteiger partial charge in [-0.1, -0.05) is 24.9 Å². The van der Waals surface area contributed by atoms with Crippen LogP contribution in [0.15, 0.2) is 12.1 Å². The van der Waals surface area contributed by atoms with Gasteiger partial charge in [-0.05, 0) is 63.3 Å². The van der Waals surface area contributed by atoms with Crippen LogP contribution in [-0.2, 0) is 8.98 Å². The monoisotopic (exact) mass is 393 g/mol. The summed E-state index contributed by atoms with van der Waals surface area (Å²) in [4.78, 5) is 15.0. The second-order valence-corrected chi connectivity index (χ2v) is 9.46. The summed E-state index contributed by atoms with van der Waals surface area (Å²) in [6.45, 7) is 4.61. The molecule has 1 amide bonds. The fourth-order valence-corrected chi connectivity index (χ4v) is 6.03. The van der Waals surface area contributed by atoms with Gasteiger partial charge >= 0.3 is 7.48 Å². The highest BCUT2D eigenvalue weighted by Gasteiger charge is 2.37. The molecule has 27 heavy (non-hydrogen) atoms. The average Bonchev–Trinajstić information content (AvgIpc) is 2.73. The summed E-state index contributed by atoms with van der Waals surface area (Å²) in [6, 6.07) is 0. The van der Waals surface area contributed by atoms with Gasteiger partial charge in [0.2, 0.25) is 5.91 Å². The molecule has 2 saturated heterocycles. The zero-order valence-electron chi connectivity index (χ0n) is 16.5. The van der Waals surface area contributed by atoms with Gasteiger partial charge in [0.1, 0.15) is 5.25 Å². The van der Waals surface area contributed by atoms with Crippen LogP contribution in [-0.4, -0.2) is 54.3 Å². The van der Waals surface area contributed by atoms with Crippen LogP contribution in [0.25, 0.3) is 0 Å². The molecular formula is C20H34BN2O3S. The lowest BCUT2D eigenvalue weighted by molar-refractivity contribution is -0.133. The molecule has 3 fully saturated rings. The number of hydrogen-bond donors (Lipinski definition) is 2. The lowest BCUT2D eigenvalue weighted by Crippen LogP contribution is -2.46. The number of amides is 1. The quantitative estimate of drug-likeness (QED) is 0.555. The van der Waals surface area contributed by atoms with Crippen molar-refractivity contribution in [3.05, 3.63) is 12.1 Å². The molecule has 0 spiro atoms. The molecule has 3 rings (SSSR count). The summed E-state index contributed by atoms with van der Waals surface area (Å²) in [5.74, 6) is 4.29. The maximum absolute atomic E-state index is 13.0. The molecular weight excluding hydrogens is 359 g/mol. The molecule has 7 heteroatoms. The molecule has 0 aromatic heterocycles. The number of nitrogens with zero attached hydrogens (tertiary/aromatic N) is 1. The van der Waals surface area contributed by atoms with Crippen molar-refractivity contribution in [2.75, 3.05) is 19.6 Å². The zero-order chi connectivity index (χ0) is 19.2. The van der Waals surface area contributed by atoms with E-state index in [1.807, 2.05) is 13.0 Å². The first kappa shape index (κ1) is 21.2. The first-order valence-electron chi connectivity index (χ1n) is 10.6. The molecule has 3 aliphatic rings. The van der Waals surface area contributed by atoms with E-state index in [0.29, 0.717) is 5.92 Å². The Morgan fingerprint density at radius 1 is 1.26 bits per heavy atom. The maximum atomic E-state index is 13.0. The average molecular weight is 393 g/mol. The maximum Gasteiger partial charge on any atom is 0.318 e. The van der Waals surface area contributed by atoms with Crippen molar-refractivity contribution in [2.24, 2.45) is 29.4 Å². The van der Waals surface area contributed by atoms with Gasteiger partial charge in [0.25, 0.3) is 0 Å². The summed E-state index contributed by atoms with van der Waals surface area (Å²) in [7, 11) is 1.04. The number of rotatable bonds is 5. The molecule has 1 radical (unpaired) electrons. The largest absolute Gasteiger partial charge is 0.450 e. The molecule has 2 aliphatic heterocycles. The van der Waals surface area contributed by atoms with Gasteiger partial charge in [0.05, 0.1) is 6.10 Å². The molecule has 2 heterocycles. The number of nitrogens with two attached hydrogens (primary N) is 1. The van der Waals surface area contributed by atoms with E-state index in [-0.39, 0.29) is 23.2 Å². The molecule has 0 bridgehead atoms. The van der Waals surface area contributed by atoms with Gasteiger partial charge in [0, 0.05) is 31.1 Å². The number of carbonyl (C=O) groups excluding carboxylic acids is 1. The first-order chi connectivity index (χ1) is 13.1. The SMILES string of the molecule is CC1OSC(C(=O)N2CCC(C3CCCC(CN)C3)CC2)CC1/C=C/[B]O. The highest BCUT2D eigenvalue weighted by molar-refractivity contribution is 7.96. The van der Waals surface area contributed by atoms with Crippen LogP contribution in [0.3, 0.4) is 0 Å². The molecule has 1 aliphatic carbocycles. The molecule has 5 unspecified atom stereocenters. The van der Waals surface area contributed by atoms with E-state index in [0.717, 1.165) is 58.2 Å². The van der Waals surface area contributed by atoms with Crippen molar-refractivity contribution in [1.82, 2.24) is 4.90 Å². The summed E-state index contributed by atoms with van der Waals surface area (Å²) in [5, 5.41) is 8.75. The Balaban J connectivity index is 1.49. The zero-order valence-corrected chi connectivity index (χ0v) is 17.3. The standard InChI is InChI=1S/C20H34BN2O3S/c1-14-17(5-8-21-25)12-19(27-26-14)20(24)23-9-6-16(7-10-23)18-4-2-3-15(11-18)13-22/h5,8,14-19,25H,2-4,6-7,9-13,22H2,1H3/b8-5+. The van der Waals surface area contributed by atoms with E-state index >= 15 is 0 Å². The van der Waals surface area contributed by atoms with Crippen LogP contribution in [0.1, 0.15) is 51.9 Å². The third-order valence-electron chi connectivity index (χ3n) is 6.81. The van der Waals surface area contributed by atoms with E-state index in [4.69, 9.17) is 14.9 Å². The van der Waals surface area contributed by atoms with E-state index in [2.05, 4.69) is 4.90 Å². The Kier molecular flexibility index (Phi) is 8.12. The highest BCUT2D eigenvalue weighted by Crippen LogP contribution is 2.39. The van der Waals surface area contributed by atoms with Crippen molar-refractivity contribution in [1.29, 1.82) is 0 Å². The molecule has 5 nitrogen and oxygen atoms in total. The molecule has 5 atom stereocenters. The Hall–Kier alpha value is -0.495. The first-order valence-corrected chi connectivity index (χ1v) is 11.4. The molecule has 151 valence electrons. The van der Waals surface area contributed by atoms with E-state index in [1.54, 1.807) is 5.98 Å². The van der Waals surface area contributed by atoms with Crippen LogP contribution < -0.4 is 5.73 Å². The van der Waals surface area contributed by atoms with Crippen LogP contribution in [0.5, 0.6) is 0 Å². The fraction of sp³-hybridized carbons (Fsp3) is 0.850. The van der Waals surface area contributed by atoms with Gasteiger partial charge in [-0.3, -0.25) is 4.79 Å². The summed E-state index contributed by atoms with van der Waals surface area (Å²) in [5.41, 5.74) is 5.90. The lowest BCUT2D eigenvalue weighted by atomic mass is 9.72. The summed E-state index contributed by atoms with van der Waals surface area (Å²) < 4.78 is 5.76. The Morgan fingerprint density at radius 3 is 2.74 bits per heavy atom. The third-order valence-corrected chi connectivity index (χ3v) is 7.85. The van der Waals surface area contributed by atoms with Crippen molar-refractivity contribution in [3.8, 4) is 0 Å². The number of carbonyl (C=O) groups is 1. The van der Waals surface area contributed by atoms with E-state index in [9.17, 15) is 4.79 Å². The third kappa shape index (κ3) is 5.52. The Morgan fingerprint density at radius 2 is 2.04 bits per heavy atom. The minimum Gasteiger partial charge on any atom is -0.450 e.